The summed E-state index contributed by atoms with van der Waals surface area (Å²) in [7, 11) is 0. The van der Waals surface area contributed by atoms with Crippen LogP contribution in [0.4, 0.5) is 0 Å². The van der Waals surface area contributed by atoms with Gasteiger partial charge in [0.05, 0.1) is 6.42 Å². The van der Waals surface area contributed by atoms with Gasteiger partial charge < -0.3 is 10.2 Å². The number of hydrogen-bond donors (Lipinski definition) is 1. The number of aryl methyl sites for hydroxylation is 1. The van der Waals surface area contributed by atoms with E-state index in [9.17, 15) is 9.59 Å². The molecule has 0 radical (unpaired) electrons. The molecule has 0 aliphatic heterocycles. The molecule has 3 aromatic carbocycles. The Balaban J connectivity index is 1.93. The summed E-state index contributed by atoms with van der Waals surface area (Å²) < 4.78 is 0.976. The number of hydrogen-bond acceptors (Lipinski definition) is 2. The molecule has 0 saturated carbocycles. The molecule has 0 aromatic heterocycles. The van der Waals surface area contributed by atoms with E-state index in [1.807, 2.05) is 85.8 Å². The van der Waals surface area contributed by atoms with E-state index in [1.165, 1.54) is 0 Å². The van der Waals surface area contributed by atoms with Crippen molar-refractivity contribution in [1.29, 1.82) is 0 Å². The average Bonchev–Trinajstić information content (AvgIpc) is 2.83. The van der Waals surface area contributed by atoms with Crippen molar-refractivity contribution >= 4 is 27.7 Å². The first kappa shape index (κ1) is 25.7. The molecule has 1 atom stereocenters. The van der Waals surface area contributed by atoms with Crippen LogP contribution in [-0.2, 0) is 29.0 Å². The number of carbonyl (C=O) groups is 2. The number of amides is 2. The maximum absolute atomic E-state index is 13.7. The van der Waals surface area contributed by atoms with Crippen molar-refractivity contribution < 1.29 is 9.59 Å². The third kappa shape index (κ3) is 7.84. The van der Waals surface area contributed by atoms with Crippen LogP contribution >= 0.6 is 15.9 Å². The van der Waals surface area contributed by atoms with Crippen LogP contribution in [0.5, 0.6) is 0 Å². The van der Waals surface area contributed by atoms with E-state index in [0.717, 1.165) is 26.7 Å². The average molecular weight is 521 g/mol. The summed E-state index contributed by atoms with van der Waals surface area (Å²) in [6.07, 6.45) is 0.709. The molecule has 0 spiro atoms. The van der Waals surface area contributed by atoms with E-state index < -0.39 is 6.04 Å². The molecule has 0 bridgehead atoms. The summed E-state index contributed by atoms with van der Waals surface area (Å²) >= 11 is 3.48. The van der Waals surface area contributed by atoms with Gasteiger partial charge in [-0.05, 0) is 41.7 Å². The summed E-state index contributed by atoms with van der Waals surface area (Å²) in [5.41, 5.74) is 4.10. The van der Waals surface area contributed by atoms with Crippen LogP contribution in [0, 0.1) is 12.8 Å². The van der Waals surface area contributed by atoms with Gasteiger partial charge in [0, 0.05) is 24.0 Å². The van der Waals surface area contributed by atoms with Crippen LogP contribution in [0.1, 0.15) is 36.1 Å². The Morgan fingerprint density at radius 3 is 2.09 bits per heavy atom. The van der Waals surface area contributed by atoms with Crippen LogP contribution in [-0.4, -0.2) is 29.3 Å². The standard InChI is InChI=1S/C29H33BrN2O2/c1-21(2)19-31-29(34)27(17-23-7-5-4-6-8-23)32(20-25-13-15-26(30)16-14-25)28(33)18-24-11-9-22(3)10-12-24/h4-16,21,27H,17-20H2,1-3H3,(H,31,34)/t27-/m1/s1. The molecular weight excluding hydrogens is 488 g/mol. The Morgan fingerprint density at radius 1 is 0.853 bits per heavy atom. The fourth-order valence-electron chi connectivity index (χ4n) is 3.75. The van der Waals surface area contributed by atoms with Crippen LogP contribution in [0.3, 0.4) is 0 Å². The van der Waals surface area contributed by atoms with Crippen molar-refractivity contribution in [2.75, 3.05) is 6.54 Å². The third-order valence-electron chi connectivity index (χ3n) is 5.70. The van der Waals surface area contributed by atoms with E-state index in [0.29, 0.717) is 25.4 Å². The van der Waals surface area contributed by atoms with Gasteiger partial charge in [0.15, 0.2) is 0 Å². The molecule has 178 valence electrons. The Bertz CT molecular complexity index is 1060. The van der Waals surface area contributed by atoms with Crippen molar-refractivity contribution in [3.63, 3.8) is 0 Å². The molecule has 0 saturated heterocycles. The minimum atomic E-state index is -0.609. The summed E-state index contributed by atoms with van der Waals surface area (Å²) in [6, 6.07) is 25.2. The fraction of sp³-hybridized carbons (Fsp3) is 0.310. The molecule has 0 unspecified atom stereocenters. The molecule has 5 heteroatoms. The second kappa shape index (κ2) is 12.5. The normalized spacial score (nSPS) is 11.8. The molecule has 0 aliphatic carbocycles. The topological polar surface area (TPSA) is 49.4 Å². The number of rotatable bonds is 10. The number of nitrogens with one attached hydrogen (secondary N) is 1. The van der Waals surface area contributed by atoms with E-state index in [1.54, 1.807) is 4.90 Å². The van der Waals surface area contributed by atoms with E-state index in [-0.39, 0.29) is 18.2 Å². The Labute approximate surface area is 211 Å². The molecule has 3 aromatic rings. The number of halogens is 1. The summed E-state index contributed by atoms with van der Waals surface area (Å²) in [4.78, 5) is 28.8. The second-order valence-electron chi connectivity index (χ2n) is 9.16. The molecular formula is C29H33BrN2O2. The SMILES string of the molecule is Cc1ccc(CC(=O)N(Cc2ccc(Br)cc2)[C@H](Cc2ccccc2)C(=O)NCC(C)C)cc1. The minimum absolute atomic E-state index is 0.0626. The van der Waals surface area contributed by atoms with Gasteiger partial charge >= 0.3 is 0 Å². The third-order valence-corrected chi connectivity index (χ3v) is 6.23. The lowest BCUT2D eigenvalue weighted by atomic mass is 10.0. The molecule has 3 rings (SSSR count). The zero-order valence-electron chi connectivity index (χ0n) is 20.1. The minimum Gasteiger partial charge on any atom is -0.354 e. The number of nitrogens with zero attached hydrogens (tertiary/aromatic N) is 1. The predicted octanol–water partition coefficient (Wildman–Crippen LogP) is 5.71. The summed E-state index contributed by atoms with van der Waals surface area (Å²) in [5, 5.41) is 3.06. The molecule has 0 heterocycles. The summed E-state index contributed by atoms with van der Waals surface area (Å²) in [5.74, 6) is 0.142. The highest BCUT2D eigenvalue weighted by Gasteiger charge is 2.30. The first-order chi connectivity index (χ1) is 16.3. The largest absolute Gasteiger partial charge is 0.354 e. The Kier molecular flexibility index (Phi) is 9.46. The first-order valence-electron chi connectivity index (χ1n) is 11.7. The van der Waals surface area contributed by atoms with Gasteiger partial charge in [-0.3, -0.25) is 9.59 Å². The molecule has 1 N–H and O–H groups in total. The maximum Gasteiger partial charge on any atom is 0.243 e. The zero-order valence-corrected chi connectivity index (χ0v) is 21.7. The predicted molar refractivity (Wildman–Crippen MR) is 141 cm³/mol. The summed E-state index contributed by atoms with van der Waals surface area (Å²) in [6.45, 7) is 7.09. The van der Waals surface area contributed by atoms with Crippen molar-refractivity contribution in [2.24, 2.45) is 5.92 Å². The second-order valence-corrected chi connectivity index (χ2v) is 10.1. The molecule has 0 aliphatic rings. The monoisotopic (exact) mass is 520 g/mol. The van der Waals surface area contributed by atoms with Crippen molar-refractivity contribution in [1.82, 2.24) is 10.2 Å². The Hall–Kier alpha value is -2.92. The molecule has 4 nitrogen and oxygen atoms in total. The van der Waals surface area contributed by atoms with Gasteiger partial charge in [-0.2, -0.15) is 0 Å². The zero-order chi connectivity index (χ0) is 24.5. The maximum atomic E-state index is 13.7. The van der Waals surface area contributed by atoms with Crippen molar-refractivity contribution in [3.05, 3.63) is 106 Å². The molecule has 2 amide bonds. The smallest absolute Gasteiger partial charge is 0.243 e. The van der Waals surface area contributed by atoms with Crippen molar-refractivity contribution in [3.8, 4) is 0 Å². The fourth-order valence-corrected chi connectivity index (χ4v) is 4.01. The molecule has 0 fully saturated rings. The lowest BCUT2D eigenvalue weighted by molar-refractivity contribution is -0.140. The van der Waals surface area contributed by atoms with E-state index in [4.69, 9.17) is 0 Å². The van der Waals surface area contributed by atoms with Gasteiger partial charge in [-0.1, -0.05) is 102 Å². The lowest BCUT2D eigenvalue weighted by Gasteiger charge is -2.32. The highest BCUT2D eigenvalue weighted by molar-refractivity contribution is 9.10. The van der Waals surface area contributed by atoms with Gasteiger partial charge in [0.25, 0.3) is 0 Å². The highest BCUT2D eigenvalue weighted by atomic mass is 79.9. The van der Waals surface area contributed by atoms with Crippen LogP contribution in [0.15, 0.2) is 83.3 Å². The van der Waals surface area contributed by atoms with Crippen LogP contribution < -0.4 is 5.32 Å². The van der Waals surface area contributed by atoms with Crippen LogP contribution in [0.2, 0.25) is 0 Å². The number of benzene rings is 3. The molecule has 34 heavy (non-hydrogen) atoms. The quantitative estimate of drug-likeness (QED) is 0.372. The number of carbonyl (C=O) groups excluding carboxylic acids is 2. The first-order valence-corrected chi connectivity index (χ1v) is 12.5. The van der Waals surface area contributed by atoms with E-state index >= 15 is 0 Å². The van der Waals surface area contributed by atoms with Crippen molar-refractivity contribution in [2.45, 2.75) is 46.2 Å². The highest BCUT2D eigenvalue weighted by Crippen LogP contribution is 2.18. The van der Waals surface area contributed by atoms with Gasteiger partial charge in [0.1, 0.15) is 6.04 Å². The van der Waals surface area contributed by atoms with Gasteiger partial charge in [0.2, 0.25) is 11.8 Å². The van der Waals surface area contributed by atoms with Gasteiger partial charge in [-0.25, -0.2) is 0 Å². The van der Waals surface area contributed by atoms with Crippen LogP contribution in [0.25, 0.3) is 0 Å². The lowest BCUT2D eigenvalue weighted by Crippen LogP contribution is -2.51. The van der Waals surface area contributed by atoms with E-state index in [2.05, 4.69) is 35.1 Å². The van der Waals surface area contributed by atoms with Gasteiger partial charge in [-0.15, -0.1) is 0 Å². The Morgan fingerprint density at radius 2 is 1.47 bits per heavy atom.